The molecule has 0 unspecified atom stereocenters. The quantitative estimate of drug-likeness (QED) is 0.184. The van der Waals surface area contributed by atoms with Gasteiger partial charge < -0.3 is 23.0 Å². The molecule has 0 amide bonds. The summed E-state index contributed by atoms with van der Waals surface area (Å²) < 4.78 is 18.8. The molecule has 0 spiro atoms. The summed E-state index contributed by atoms with van der Waals surface area (Å²) >= 11 is 5.91. The van der Waals surface area contributed by atoms with Gasteiger partial charge in [0, 0.05) is 65.5 Å². The van der Waals surface area contributed by atoms with Crippen molar-refractivity contribution in [2.75, 3.05) is 0 Å². The van der Waals surface area contributed by atoms with Crippen LogP contribution in [0.5, 0.6) is 0 Å². The number of nitrogens with one attached hydrogen (secondary N) is 1. The van der Waals surface area contributed by atoms with Gasteiger partial charge in [-0.1, -0.05) is 206 Å². The zero-order valence-electron chi connectivity index (χ0n) is 52.8. The Hall–Kier alpha value is -13.2. The lowest BCUT2D eigenvalue weighted by Gasteiger charge is -2.09. The van der Waals surface area contributed by atoms with Crippen molar-refractivity contribution in [1.29, 1.82) is 0 Å². The molecule has 8 aromatic heterocycles. The highest BCUT2D eigenvalue weighted by Gasteiger charge is 2.21. The van der Waals surface area contributed by atoms with Gasteiger partial charge in [0.15, 0.2) is 5.82 Å². The zero-order valence-corrected chi connectivity index (χ0v) is 53.6. The number of hydrogen-bond acceptors (Lipinski definition) is 6. The van der Waals surface area contributed by atoms with E-state index in [1.165, 1.54) is 110 Å². The summed E-state index contributed by atoms with van der Waals surface area (Å²) in [5.41, 5.74) is 20.7. The normalized spacial score (nSPS) is 11.9. The topological polar surface area (TPSA) is 108 Å². The Balaban J connectivity index is 0.000000113. The standard InChI is InChI=1S/C44H26N4O.C30H20N2.C14H7ClN2O/c1-2-11-30(12-3-1)47-36-16-8-6-14-32(36)34-24-28(18-21-38(34)47)29-19-22-39-35(25-29)33-15-7-9-17-37(33)48(39)41-26-45-44-43(46-41)42-31-13-5-4-10-27(31)20-23-40(42)49-44;1-2-8-22(9-3-1)32-29-13-7-5-11-24(29)26-19-21(15-17-30(26)32)20-14-16-28-25(18-20)23-10-4-6-12-27(23)31-28;15-11-7-16-14-13(17-11)12-9-4-2-1-3-8(9)5-6-10(12)18-14/h1-26H;1-19,31H;1-7H. The van der Waals surface area contributed by atoms with Gasteiger partial charge in [-0.2, -0.15) is 0 Å². The minimum absolute atomic E-state index is 0.373. The molecule has 0 fully saturated rings. The molecule has 0 bridgehead atoms. The number of fused-ring (bicyclic) bond motifs is 22. The van der Waals surface area contributed by atoms with Gasteiger partial charge in [-0.3, -0.25) is 4.57 Å². The summed E-state index contributed by atoms with van der Waals surface area (Å²) in [6.45, 7) is 0. The number of H-pyrrole nitrogens is 1. The molecule has 22 aromatic rings. The fourth-order valence-corrected chi connectivity index (χ4v) is 15.3. The Morgan fingerprint density at radius 1 is 0.293 bits per heavy atom. The zero-order chi connectivity index (χ0) is 65.2. The van der Waals surface area contributed by atoms with Crippen LogP contribution in [0.2, 0.25) is 5.15 Å². The molecule has 8 heterocycles. The van der Waals surface area contributed by atoms with Crippen molar-refractivity contribution in [1.82, 2.24) is 38.6 Å². The van der Waals surface area contributed by atoms with Crippen LogP contribution in [0.1, 0.15) is 0 Å². The number of para-hydroxylation sites is 6. The monoisotopic (exact) mass is 1290 g/mol. The van der Waals surface area contributed by atoms with Crippen molar-refractivity contribution in [2.45, 2.75) is 0 Å². The minimum atomic E-state index is 0.373. The maximum atomic E-state index is 6.17. The van der Waals surface area contributed by atoms with Crippen molar-refractivity contribution in [2.24, 2.45) is 0 Å². The van der Waals surface area contributed by atoms with E-state index in [2.05, 4.69) is 302 Å². The Morgan fingerprint density at radius 2 is 0.677 bits per heavy atom. The predicted octanol–water partition coefficient (Wildman–Crippen LogP) is 23.7. The molecule has 0 aliphatic carbocycles. The van der Waals surface area contributed by atoms with Crippen molar-refractivity contribution >= 4 is 165 Å². The number of furan rings is 2. The van der Waals surface area contributed by atoms with E-state index >= 15 is 0 Å². The van der Waals surface area contributed by atoms with Crippen LogP contribution >= 0.6 is 11.6 Å². The predicted molar refractivity (Wildman–Crippen MR) is 408 cm³/mol. The number of benzene rings is 14. The van der Waals surface area contributed by atoms with Crippen LogP contribution in [0.25, 0.3) is 193 Å². The fourth-order valence-electron chi connectivity index (χ4n) is 15.1. The van der Waals surface area contributed by atoms with Crippen LogP contribution < -0.4 is 0 Å². The fraction of sp³-hybridized carbons (Fsp3) is 0. The molecule has 0 radical (unpaired) electrons. The molecule has 0 atom stereocenters. The van der Waals surface area contributed by atoms with Crippen molar-refractivity contribution in [3.05, 3.63) is 321 Å². The lowest BCUT2D eigenvalue weighted by atomic mass is 10.0. The summed E-state index contributed by atoms with van der Waals surface area (Å²) in [4.78, 5) is 22.0. The molecule has 11 heteroatoms. The first-order valence-corrected chi connectivity index (χ1v) is 33.4. The van der Waals surface area contributed by atoms with E-state index in [4.69, 9.17) is 30.4 Å². The number of halogens is 1. The summed E-state index contributed by atoms with van der Waals surface area (Å²) in [5.74, 6) is 0.761. The molecule has 22 rings (SSSR count). The van der Waals surface area contributed by atoms with Crippen LogP contribution in [0.15, 0.2) is 325 Å². The average molecular weight is 1290 g/mol. The molecular formula is C88H53ClN8O2. The lowest BCUT2D eigenvalue weighted by Crippen LogP contribution is -1.98. The molecule has 0 saturated heterocycles. The first-order chi connectivity index (χ1) is 49.0. The summed E-state index contributed by atoms with van der Waals surface area (Å²) in [5, 5.41) is 16.8. The Labute approximate surface area is 569 Å². The Kier molecular flexibility index (Phi) is 12.8. The first-order valence-electron chi connectivity index (χ1n) is 33.0. The van der Waals surface area contributed by atoms with Crippen molar-refractivity contribution < 1.29 is 8.83 Å². The minimum Gasteiger partial charge on any atom is -0.436 e. The molecule has 0 aliphatic rings. The van der Waals surface area contributed by atoms with Gasteiger partial charge in [0.1, 0.15) is 27.4 Å². The molecule has 99 heavy (non-hydrogen) atoms. The van der Waals surface area contributed by atoms with E-state index in [0.717, 1.165) is 71.5 Å². The number of nitrogens with zero attached hydrogens (tertiary/aromatic N) is 7. The Bertz CT molecular complexity index is 7020. The van der Waals surface area contributed by atoms with Crippen LogP contribution in [0.4, 0.5) is 0 Å². The van der Waals surface area contributed by atoms with Crippen molar-refractivity contribution in [3.63, 3.8) is 0 Å². The van der Waals surface area contributed by atoms with E-state index in [1.54, 1.807) is 0 Å². The van der Waals surface area contributed by atoms with Gasteiger partial charge >= 0.3 is 0 Å². The second kappa shape index (κ2) is 22.5. The highest BCUT2D eigenvalue weighted by molar-refractivity contribution is 6.30. The van der Waals surface area contributed by atoms with Gasteiger partial charge in [0.25, 0.3) is 0 Å². The first kappa shape index (κ1) is 56.2. The van der Waals surface area contributed by atoms with Gasteiger partial charge in [0.2, 0.25) is 11.4 Å². The van der Waals surface area contributed by atoms with Crippen LogP contribution in [0.3, 0.4) is 0 Å². The van der Waals surface area contributed by atoms with E-state index in [0.29, 0.717) is 22.1 Å². The number of hydrogen-bond donors (Lipinski definition) is 1. The third-order valence-electron chi connectivity index (χ3n) is 19.6. The molecule has 10 nitrogen and oxygen atoms in total. The van der Waals surface area contributed by atoms with Gasteiger partial charge in [-0.05, 0) is 153 Å². The maximum Gasteiger partial charge on any atom is 0.246 e. The van der Waals surface area contributed by atoms with Crippen LogP contribution in [-0.4, -0.2) is 38.6 Å². The van der Waals surface area contributed by atoms with E-state index in [-0.39, 0.29) is 0 Å². The Morgan fingerprint density at radius 3 is 1.20 bits per heavy atom. The highest BCUT2D eigenvalue weighted by atomic mass is 35.5. The maximum absolute atomic E-state index is 6.17. The highest BCUT2D eigenvalue weighted by Crippen LogP contribution is 2.42. The van der Waals surface area contributed by atoms with E-state index in [1.807, 2.05) is 36.5 Å². The summed E-state index contributed by atoms with van der Waals surface area (Å²) in [6.07, 6.45) is 3.32. The molecule has 1 N–H and O–H groups in total. The average Bonchev–Trinajstić information content (AvgIpc) is 1.62. The second-order valence-corrected chi connectivity index (χ2v) is 25.5. The van der Waals surface area contributed by atoms with E-state index in [9.17, 15) is 0 Å². The smallest absolute Gasteiger partial charge is 0.246 e. The lowest BCUT2D eigenvalue weighted by molar-refractivity contribution is 0.652. The molecule has 0 saturated carbocycles. The molecule has 0 aliphatic heterocycles. The SMILES string of the molecule is Clc1cnc2oc3ccc4ccccc4c3c2n1.c1ccc(-n2c3ccccc3c3cc(-c4ccc5[nH]c6ccccc6c5c4)ccc32)cc1.c1ccc(-n2c3ccccc3c3cc(-c4ccc5c(c4)c4ccccc4n5-c4cnc5oc6ccc7ccccc7c6c5n4)ccc32)cc1. The molecule has 14 aromatic carbocycles. The van der Waals surface area contributed by atoms with Gasteiger partial charge in [-0.15, -0.1) is 0 Å². The second-order valence-electron chi connectivity index (χ2n) is 25.1. The summed E-state index contributed by atoms with van der Waals surface area (Å²) in [6, 6.07) is 107. The summed E-state index contributed by atoms with van der Waals surface area (Å²) in [7, 11) is 0. The van der Waals surface area contributed by atoms with Crippen molar-refractivity contribution in [3.8, 4) is 39.4 Å². The van der Waals surface area contributed by atoms with Gasteiger partial charge in [0.05, 0.1) is 56.3 Å². The largest absolute Gasteiger partial charge is 0.436 e. The third-order valence-corrected chi connectivity index (χ3v) is 19.7. The van der Waals surface area contributed by atoms with Gasteiger partial charge in [-0.25, -0.2) is 19.9 Å². The third kappa shape index (κ3) is 9.11. The number of rotatable bonds is 5. The number of aromatic amines is 1. The van der Waals surface area contributed by atoms with Crippen LogP contribution in [0, 0.1) is 0 Å². The van der Waals surface area contributed by atoms with Crippen LogP contribution in [-0.2, 0) is 0 Å². The molecular weight excluding hydrogens is 1240 g/mol. The number of aromatic nitrogens is 8. The molecule has 464 valence electrons. The van der Waals surface area contributed by atoms with E-state index < -0.39 is 0 Å².